The van der Waals surface area contributed by atoms with Gasteiger partial charge in [0.1, 0.15) is 11.6 Å². The van der Waals surface area contributed by atoms with Gasteiger partial charge in [-0.05, 0) is 49.1 Å². The van der Waals surface area contributed by atoms with Gasteiger partial charge in [0.2, 0.25) is 0 Å². The summed E-state index contributed by atoms with van der Waals surface area (Å²) in [4.78, 5) is 4.74. The molecule has 2 aromatic rings. The van der Waals surface area contributed by atoms with Gasteiger partial charge in [-0.2, -0.15) is 0 Å². The summed E-state index contributed by atoms with van der Waals surface area (Å²) in [5.41, 5.74) is 4.47. The fourth-order valence-electron chi connectivity index (χ4n) is 4.06. The average Bonchev–Trinajstić information content (AvgIpc) is 2.69. The fraction of sp³-hybridized carbons (Fsp3) is 0.478. The Morgan fingerprint density at radius 2 is 1.82 bits per heavy atom. The number of rotatable bonds is 7. The first-order valence-electron chi connectivity index (χ1n) is 9.97. The van der Waals surface area contributed by atoms with Crippen LogP contribution in [-0.2, 0) is 13.1 Å². The third-order valence-electron chi connectivity index (χ3n) is 5.95. The monoisotopic (exact) mass is 386 g/mol. The summed E-state index contributed by atoms with van der Waals surface area (Å²) in [6.45, 7) is 8.50. The zero-order chi connectivity index (χ0) is 20.1. The van der Waals surface area contributed by atoms with E-state index in [-0.39, 0.29) is 18.5 Å². The Kier molecular flexibility index (Phi) is 7.05. The lowest BCUT2D eigenvalue weighted by molar-refractivity contribution is 0.0493. The van der Waals surface area contributed by atoms with E-state index in [2.05, 4.69) is 29.7 Å². The third kappa shape index (κ3) is 4.72. The van der Waals surface area contributed by atoms with Gasteiger partial charge >= 0.3 is 0 Å². The second kappa shape index (κ2) is 9.50. The second-order valence-corrected chi connectivity index (χ2v) is 7.64. The van der Waals surface area contributed by atoms with E-state index in [1.807, 2.05) is 18.2 Å². The molecule has 5 heteroatoms. The van der Waals surface area contributed by atoms with Gasteiger partial charge in [0, 0.05) is 50.9 Å². The van der Waals surface area contributed by atoms with Crippen LogP contribution in [0.3, 0.4) is 0 Å². The predicted octanol–water partition coefficient (Wildman–Crippen LogP) is 3.52. The summed E-state index contributed by atoms with van der Waals surface area (Å²) in [7, 11) is 1.70. The van der Waals surface area contributed by atoms with Gasteiger partial charge in [-0.15, -0.1) is 0 Å². The first-order valence-corrected chi connectivity index (χ1v) is 9.97. The van der Waals surface area contributed by atoms with Crippen LogP contribution in [-0.4, -0.2) is 54.3 Å². The van der Waals surface area contributed by atoms with Crippen LogP contribution < -0.4 is 4.74 Å². The van der Waals surface area contributed by atoms with Crippen molar-refractivity contribution in [3.8, 4) is 5.75 Å². The van der Waals surface area contributed by atoms with Crippen LogP contribution in [0.5, 0.6) is 5.75 Å². The summed E-state index contributed by atoms with van der Waals surface area (Å²) in [5.74, 6) is 0.774. The topological polar surface area (TPSA) is 35.9 Å². The summed E-state index contributed by atoms with van der Waals surface area (Å²) in [6.07, 6.45) is 0.724. The molecule has 0 saturated carbocycles. The molecule has 1 aliphatic heterocycles. The van der Waals surface area contributed by atoms with Gasteiger partial charge in [-0.25, -0.2) is 4.39 Å². The van der Waals surface area contributed by atoms with E-state index in [0.717, 1.165) is 43.9 Å². The molecule has 0 bridgehead atoms. The van der Waals surface area contributed by atoms with E-state index in [1.165, 1.54) is 22.8 Å². The Balaban J connectivity index is 1.70. The van der Waals surface area contributed by atoms with Gasteiger partial charge in [0.25, 0.3) is 0 Å². The Labute approximate surface area is 167 Å². The summed E-state index contributed by atoms with van der Waals surface area (Å²) in [5, 5.41) is 9.57. The van der Waals surface area contributed by atoms with Crippen molar-refractivity contribution in [2.45, 2.75) is 39.4 Å². The van der Waals surface area contributed by atoms with Crippen molar-refractivity contribution in [2.24, 2.45) is 0 Å². The van der Waals surface area contributed by atoms with E-state index in [0.29, 0.717) is 6.54 Å². The molecule has 1 fully saturated rings. The number of ether oxygens (including phenoxy) is 1. The maximum atomic E-state index is 14.0. The SMILES string of the molecule is COc1ccc(CN2CCN(Cc3ccccc3F)CC2CCO)c(C)c1C. The van der Waals surface area contributed by atoms with Crippen LogP contribution in [0.4, 0.5) is 4.39 Å². The molecule has 1 heterocycles. The van der Waals surface area contributed by atoms with Crippen LogP contribution in [0.2, 0.25) is 0 Å². The normalized spacial score (nSPS) is 18.4. The smallest absolute Gasteiger partial charge is 0.127 e. The summed E-state index contributed by atoms with van der Waals surface area (Å²) < 4.78 is 19.4. The number of piperazine rings is 1. The van der Waals surface area contributed by atoms with E-state index < -0.39 is 0 Å². The number of aliphatic hydroxyl groups excluding tert-OH is 1. The van der Waals surface area contributed by atoms with Crippen molar-refractivity contribution in [2.75, 3.05) is 33.4 Å². The molecule has 0 spiro atoms. The Morgan fingerprint density at radius 3 is 2.54 bits per heavy atom. The number of aliphatic hydroxyl groups is 1. The van der Waals surface area contributed by atoms with Crippen molar-refractivity contribution in [3.63, 3.8) is 0 Å². The minimum atomic E-state index is -0.145. The predicted molar refractivity (Wildman–Crippen MR) is 110 cm³/mol. The van der Waals surface area contributed by atoms with Gasteiger partial charge in [0.05, 0.1) is 7.11 Å². The Hall–Kier alpha value is -1.95. The second-order valence-electron chi connectivity index (χ2n) is 7.64. The molecule has 1 unspecified atom stereocenters. The molecule has 0 amide bonds. The highest BCUT2D eigenvalue weighted by Crippen LogP contribution is 2.26. The minimum Gasteiger partial charge on any atom is -0.496 e. The first kappa shape index (κ1) is 20.8. The van der Waals surface area contributed by atoms with Crippen LogP contribution in [0.15, 0.2) is 36.4 Å². The molecule has 0 radical (unpaired) electrons. The third-order valence-corrected chi connectivity index (χ3v) is 5.95. The molecule has 4 nitrogen and oxygen atoms in total. The highest BCUT2D eigenvalue weighted by molar-refractivity contribution is 5.43. The molecule has 1 aliphatic rings. The Bertz CT molecular complexity index is 796. The minimum absolute atomic E-state index is 0.145. The molecule has 2 aromatic carbocycles. The highest BCUT2D eigenvalue weighted by Gasteiger charge is 2.27. The molecule has 152 valence electrons. The maximum Gasteiger partial charge on any atom is 0.127 e. The van der Waals surface area contributed by atoms with Crippen molar-refractivity contribution >= 4 is 0 Å². The van der Waals surface area contributed by atoms with E-state index in [4.69, 9.17) is 4.74 Å². The molecular weight excluding hydrogens is 355 g/mol. The summed E-state index contributed by atoms with van der Waals surface area (Å²) in [6, 6.07) is 11.4. The van der Waals surface area contributed by atoms with Crippen molar-refractivity contribution in [1.29, 1.82) is 0 Å². The molecular formula is C23H31FN2O2. The van der Waals surface area contributed by atoms with Gasteiger partial charge in [-0.3, -0.25) is 9.80 Å². The number of benzene rings is 2. The fourth-order valence-corrected chi connectivity index (χ4v) is 4.06. The number of halogens is 1. The lowest BCUT2D eigenvalue weighted by Crippen LogP contribution is -2.52. The number of methoxy groups -OCH3 is 1. The van der Waals surface area contributed by atoms with Crippen LogP contribution in [0, 0.1) is 19.7 Å². The number of nitrogens with zero attached hydrogens (tertiary/aromatic N) is 2. The first-order chi connectivity index (χ1) is 13.5. The lowest BCUT2D eigenvalue weighted by atomic mass is 10.00. The zero-order valence-corrected chi connectivity index (χ0v) is 17.1. The largest absolute Gasteiger partial charge is 0.496 e. The van der Waals surface area contributed by atoms with Crippen LogP contribution >= 0.6 is 0 Å². The van der Waals surface area contributed by atoms with E-state index in [9.17, 15) is 9.50 Å². The molecule has 28 heavy (non-hydrogen) atoms. The average molecular weight is 387 g/mol. The summed E-state index contributed by atoms with van der Waals surface area (Å²) >= 11 is 0. The molecule has 1 saturated heterocycles. The molecule has 0 aromatic heterocycles. The van der Waals surface area contributed by atoms with Gasteiger partial charge in [-0.1, -0.05) is 24.3 Å². The lowest BCUT2D eigenvalue weighted by Gasteiger charge is -2.41. The van der Waals surface area contributed by atoms with E-state index >= 15 is 0 Å². The molecule has 3 rings (SSSR count). The van der Waals surface area contributed by atoms with Crippen molar-refractivity contribution in [1.82, 2.24) is 9.80 Å². The molecule has 0 aliphatic carbocycles. The van der Waals surface area contributed by atoms with Gasteiger partial charge in [0.15, 0.2) is 0 Å². The standard InChI is InChI=1S/C23H31FN2O2/c1-17-18(2)23(28-3)9-8-19(17)15-26-12-11-25(16-21(26)10-13-27)14-20-6-4-5-7-22(20)24/h4-9,21,27H,10-16H2,1-3H3. The quantitative estimate of drug-likeness (QED) is 0.790. The number of hydrogen-bond donors (Lipinski definition) is 1. The van der Waals surface area contributed by atoms with Crippen molar-refractivity contribution < 1.29 is 14.2 Å². The van der Waals surface area contributed by atoms with Crippen LogP contribution in [0.25, 0.3) is 0 Å². The Morgan fingerprint density at radius 1 is 1.04 bits per heavy atom. The molecule has 1 N–H and O–H groups in total. The van der Waals surface area contributed by atoms with Crippen LogP contribution in [0.1, 0.15) is 28.7 Å². The highest BCUT2D eigenvalue weighted by atomic mass is 19.1. The number of hydrogen-bond acceptors (Lipinski definition) is 4. The van der Waals surface area contributed by atoms with Gasteiger partial charge < -0.3 is 9.84 Å². The maximum absolute atomic E-state index is 14.0. The van der Waals surface area contributed by atoms with Crippen molar-refractivity contribution in [3.05, 3.63) is 64.5 Å². The zero-order valence-electron chi connectivity index (χ0n) is 17.1. The molecule has 1 atom stereocenters. The van der Waals surface area contributed by atoms with E-state index in [1.54, 1.807) is 13.2 Å².